The number of rotatable bonds is 4. The van der Waals surface area contributed by atoms with Gasteiger partial charge in [-0.3, -0.25) is 0 Å². The average molecular weight is 439 g/mol. The molecule has 150 valence electrons. The molecule has 0 aliphatic heterocycles. The van der Waals surface area contributed by atoms with Gasteiger partial charge in [0.05, 0.1) is 0 Å². The van der Waals surface area contributed by atoms with E-state index in [4.69, 9.17) is 0 Å². The maximum absolute atomic E-state index is 11.3. The first-order valence-electron chi connectivity index (χ1n) is 10.4. The van der Waals surface area contributed by atoms with Crippen LogP contribution in [-0.4, -0.2) is 56.5 Å². The summed E-state index contributed by atoms with van der Waals surface area (Å²) in [6.07, 6.45) is 0. The van der Waals surface area contributed by atoms with Crippen molar-refractivity contribution in [3.8, 4) is 50.3 Å². The zero-order chi connectivity index (χ0) is 21.0. The standard InChI is InChI=1S/C30H22O.K.H/c31-27-21-26(22-13-5-1-6-14-22)28(23-15-7-2-8-16-23)30(25-19-11-4-12-20-25)29(27)24-17-9-3-10-18-24;;/h1-21,31H;;. The molecule has 0 radical (unpaired) electrons. The van der Waals surface area contributed by atoms with Crippen LogP contribution in [0.15, 0.2) is 127 Å². The average Bonchev–Trinajstić information content (AvgIpc) is 2.85. The minimum absolute atomic E-state index is 0. The van der Waals surface area contributed by atoms with Crippen molar-refractivity contribution in [2.24, 2.45) is 0 Å². The molecule has 2 heteroatoms. The quantitative estimate of drug-likeness (QED) is 0.290. The van der Waals surface area contributed by atoms with E-state index in [0.29, 0.717) is 0 Å². The summed E-state index contributed by atoms with van der Waals surface area (Å²) in [6, 6.07) is 43.1. The van der Waals surface area contributed by atoms with E-state index in [-0.39, 0.29) is 57.1 Å². The second kappa shape index (κ2) is 10.4. The van der Waals surface area contributed by atoms with Crippen molar-refractivity contribution >= 4 is 51.4 Å². The van der Waals surface area contributed by atoms with Gasteiger partial charge in [0.2, 0.25) is 0 Å². The van der Waals surface area contributed by atoms with Gasteiger partial charge in [-0.2, -0.15) is 0 Å². The van der Waals surface area contributed by atoms with Crippen molar-refractivity contribution < 1.29 is 5.11 Å². The van der Waals surface area contributed by atoms with Crippen molar-refractivity contribution in [3.63, 3.8) is 0 Å². The van der Waals surface area contributed by atoms with Crippen molar-refractivity contribution in [1.82, 2.24) is 0 Å². The van der Waals surface area contributed by atoms with Crippen LogP contribution in [0.4, 0.5) is 0 Å². The molecule has 0 saturated heterocycles. The van der Waals surface area contributed by atoms with E-state index in [2.05, 4.69) is 60.7 Å². The number of phenolic OH excluding ortho intramolecular Hbond substituents is 1. The Morgan fingerprint density at radius 2 is 0.719 bits per heavy atom. The molecule has 0 heterocycles. The molecule has 32 heavy (non-hydrogen) atoms. The molecule has 0 atom stereocenters. The molecular formula is C30H23KO. The Hall–Kier alpha value is -2.46. The monoisotopic (exact) mass is 438 g/mol. The Labute approximate surface area is 231 Å². The Bertz CT molecular complexity index is 1300. The van der Waals surface area contributed by atoms with Crippen LogP contribution in [0.3, 0.4) is 0 Å². The molecular weight excluding hydrogens is 415 g/mol. The summed E-state index contributed by atoms with van der Waals surface area (Å²) in [5.41, 5.74) is 8.30. The second-order valence-electron chi connectivity index (χ2n) is 7.53. The first-order valence-corrected chi connectivity index (χ1v) is 10.4. The molecule has 0 fully saturated rings. The number of aromatic hydroxyl groups is 1. The van der Waals surface area contributed by atoms with Crippen molar-refractivity contribution in [2.45, 2.75) is 0 Å². The van der Waals surface area contributed by atoms with Gasteiger partial charge in [-0.25, -0.2) is 0 Å². The van der Waals surface area contributed by atoms with E-state index in [1.807, 2.05) is 66.7 Å². The van der Waals surface area contributed by atoms with Crippen LogP contribution in [0.5, 0.6) is 5.75 Å². The maximum atomic E-state index is 11.3. The Morgan fingerprint density at radius 3 is 1.16 bits per heavy atom. The van der Waals surface area contributed by atoms with Gasteiger partial charge in [0.25, 0.3) is 0 Å². The molecule has 5 aromatic carbocycles. The van der Waals surface area contributed by atoms with Crippen LogP contribution in [0.2, 0.25) is 0 Å². The number of phenols is 1. The van der Waals surface area contributed by atoms with Gasteiger partial charge in [0.15, 0.2) is 0 Å². The van der Waals surface area contributed by atoms with Crippen LogP contribution in [-0.2, 0) is 0 Å². The van der Waals surface area contributed by atoms with Gasteiger partial charge in [-0.1, -0.05) is 121 Å². The third kappa shape index (κ3) is 4.51. The van der Waals surface area contributed by atoms with Crippen LogP contribution in [0.25, 0.3) is 44.5 Å². The summed E-state index contributed by atoms with van der Waals surface area (Å²) in [5, 5.41) is 11.3. The molecule has 1 N–H and O–H groups in total. The predicted octanol–water partition coefficient (Wildman–Crippen LogP) is 7.41. The number of benzene rings is 5. The first-order chi connectivity index (χ1) is 15.3. The Morgan fingerprint density at radius 1 is 0.375 bits per heavy atom. The predicted molar refractivity (Wildman–Crippen MR) is 137 cm³/mol. The fourth-order valence-corrected chi connectivity index (χ4v) is 4.21. The second-order valence-corrected chi connectivity index (χ2v) is 7.53. The van der Waals surface area contributed by atoms with Gasteiger partial charge in [-0.05, 0) is 39.4 Å². The molecule has 0 unspecified atom stereocenters. The van der Waals surface area contributed by atoms with E-state index >= 15 is 0 Å². The molecule has 0 spiro atoms. The molecule has 0 bridgehead atoms. The van der Waals surface area contributed by atoms with E-state index in [0.717, 1.165) is 44.5 Å². The van der Waals surface area contributed by atoms with Crippen LogP contribution in [0, 0.1) is 0 Å². The summed E-state index contributed by atoms with van der Waals surface area (Å²) < 4.78 is 0. The molecule has 5 aromatic rings. The van der Waals surface area contributed by atoms with Gasteiger partial charge in [-0.15, -0.1) is 0 Å². The van der Waals surface area contributed by atoms with Gasteiger partial charge in [0.1, 0.15) is 5.75 Å². The molecule has 0 aliphatic rings. The molecule has 0 aliphatic carbocycles. The van der Waals surface area contributed by atoms with Crippen molar-refractivity contribution in [1.29, 1.82) is 0 Å². The van der Waals surface area contributed by atoms with Gasteiger partial charge < -0.3 is 5.11 Å². The topological polar surface area (TPSA) is 20.2 Å². The van der Waals surface area contributed by atoms with Crippen LogP contribution >= 0.6 is 0 Å². The van der Waals surface area contributed by atoms with E-state index in [1.165, 1.54) is 0 Å². The third-order valence-electron chi connectivity index (χ3n) is 5.58. The number of hydrogen-bond donors (Lipinski definition) is 1. The van der Waals surface area contributed by atoms with Crippen molar-refractivity contribution in [3.05, 3.63) is 127 Å². The van der Waals surface area contributed by atoms with Gasteiger partial charge in [0, 0.05) is 11.1 Å². The summed E-state index contributed by atoms with van der Waals surface area (Å²) >= 11 is 0. The zero-order valence-corrected chi connectivity index (χ0v) is 17.1. The summed E-state index contributed by atoms with van der Waals surface area (Å²) in [4.78, 5) is 0. The van der Waals surface area contributed by atoms with Gasteiger partial charge >= 0.3 is 51.4 Å². The number of hydrogen-bond acceptors (Lipinski definition) is 1. The van der Waals surface area contributed by atoms with Crippen molar-refractivity contribution in [2.75, 3.05) is 0 Å². The summed E-state index contributed by atoms with van der Waals surface area (Å²) in [6.45, 7) is 0. The molecule has 1 nitrogen and oxygen atoms in total. The van der Waals surface area contributed by atoms with E-state index < -0.39 is 0 Å². The Balaban J connectivity index is 0.00000245. The molecule has 0 amide bonds. The molecule has 5 rings (SSSR count). The van der Waals surface area contributed by atoms with Crippen LogP contribution in [0.1, 0.15) is 0 Å². The van der Waals surface area contributed by atoms with E-state index in [1.54, 1.807) is 0 Å². The van der Waals surface area contributed by atoms with E-state index in [9.17, 15) is 5.11 Å². The molecule has 0 aromatic heterocycles. The fraction of sp³-hybridized carbons (Fsp3) is 0. The third-order valence-corrected chi connectivity index (χ3v) is 5.58. The summed E-state index contributed by atoms with van der Waals surface area (Å²) in [7, 11) is 0. The normalized spacial score (nSPS) is 10.4. The summed E-state index contributed by atoms with van der Waals surface area (Å²) in [5.74, 6) is 0.281. The fourth-order valence-electron chi connectivity index (χ4n) is 4.21. The first kappa shape index (κ1) is 22.7. The minimum atomic E-state index is 0. The SMILES string of the molecule is Oc1cc(-c2ccccc2)c(-c2ccccc2)c(-c2ccccc2)c1-c1ccccc1.[KH]. The van der Waals surface area contributed by atoms with Crippen LogP contribution < -0.4 is 0 Å². The zero-order valence-electron chi connectivity index (χ0n) is 17.1. The Kier molecular flexibility index (Phi) is 7.41. The molecule has 0 saturated carbocycles.